The molecule has 0 amide bonds. The normalized spacial score (nSPS) is 10.1. The van der Waals surface area contributed by atoms with E-state index in [4.69, 9.17) is 22.1 Å². The molecule has 2 rings (SSSR count). The van der Waals surface area contributed by atoms with Gasteiger partial charge in [-0.1, -0.05) is 41.9 Å². The van der Waals surface area contributed by atoms with E-state index >= 15 is 0 Å². The van der Waals surface area contributed by atoms with Crippen LogP contribution in [0.15, 0.2) is 42.5 Å². The zero-order valence-corrected chi connectivity index (χ0v) is 9.66. The lowest BCUT2D eigenvalue weighted by molar-refractivity contribution is 0.416. The van der Waals surface area contributed by atoms with Crippen molar-refractivity contribution in [2.45, 2.75) is 0 Å². The van der Waals surface area contributed by atoms with Gasteiger partial charge in [-0.3, -0.25) is 0 Å². The van der Waals surface area contributed by atoms with Gasteiger partial charge in [-0.15, -0.1) is 0 Å². The molecule has 0 aliphatic heterocycles. The summed E-state index contributed by atoms with van der Waals surface area (Å²) in [4.78, 5) is 0. The third kappa shape index (κ3) is 1.84. The maximum absolute atomic E-state index is 6.18. The average Bonchev–Trinajstić information content (AvgIpc) is 2.33. The van der Waals surface area contributed by atoms with Crippen molar-refractivity contribution in [3.8, 4) is 16.9 Å². The second-order valence-electron chi connectivity index (χ2n) is 3.41. The highest BCUT2D eigenvalue weighted by molar-refractivity contribution is 6.35. The molecule has 0 aliphatic carbocycles. The standard InChI is InChI=1S/C13H12ClNO/c1-16-12-8-3-2-5-9(12)10-6-4-7-11(15)13(10)14/h2-8H,15H2,1H3. The van der Waals surface area contributed by atoms with Crippen LogP contribution in [0.1, 0.15) is 0 Å². The summed E-state index contributed by atoms with van der Waals surface area (Å²) in [5, 5.41) is 0.562. The smallest absolute Gasteiger partial charge is 0.126 e. The number of nitrogen functional groups attached to an aromatic ring is 1. The molecule has 0 saturated carbocycles. The summed E-state index contributed by atoms with van der Waals surface area (Å²) in [6.07, 6.45) is 0. The zero-order chi connectivity index (χ0) is 11.5. The van der Waals surface area contributed by atoms with Crippen LogP contribution in [-0.4, -0.2) is 7.11 Å². The van der Waals surface area contributed by atoms with E-state index in [1.54, 1.807) is 13.2 Å². The Morgan fingerprint density at radius 3 is 2.44 bits per heavy atom. The summed E-state index contributed by atoms with van der Waals surface area (Å²) in [5.74, 6) is 0.787. The predicted octanol–water partition coefficient (Wildman–Crippen LogP) is 3.60. The van der Waals surface area contributed by atoms with Crippen molar-refractivity contribution in [3.63, 3.8) is 0 Å². The number of hydrogen-bond donors (Lipinski definition) is 1. The Morgan fingerprint density at radius 1 is 1.00 bits per heavy atom. The minimum atomic E-state index is 0.562. The second kappa shape index (κ2) is 4.45. The summed E-state index contributed by atoms with van der Waals surface area (Å²) >= 11 is 6.18. The van der Waals surface area contributed by atoms with Crippen molar-refractivity contribution in [1.29, 1.82) is 0 Å². The molecule has 0 radical (unpaired) electrons. The average molecular weight is 234 g/mol. The maximum Gasteiger partial charge on any atom is 0.126 e. The monoisotopic (exact) mass is 233 g/mol. The lowest BCUT2D eigenvalue weighted by atomic mass is 10.0. The van der Waals surface area contributed by atoms with E-state index in [9.17, 15) is 0 Å². The number of methoxy groups -OCH3 is 1. The van der Waals surface area contributed by atoms with Gasteiger partial charge < -0.3 is 10.5 Å². The van der Waals surface area contributed by atoms with Crippen LogP contribution < -0.4 is 10.5 Å². The molecule has 3 heteroatoms. The van der Waals surface area contributed by atoms with E-state index in [1.165, 1.54) is 0 Å². The third-order valence-electron chi connectivity index (χ3n) is 2.43. The van der Waals surface area contributed by atoms with Crippen LogP contribution in [0, 0.1) is 0 Å². The van der Waals surface area contributed by atoms with Gasteiger partial charge >= 0.3 is 0 Å². The molecule has 0 fully saturated rings. The quantitative estimate of drug-likeness (QED) is 0.805. The Bertz CT molecular complexity index is 511. The maximum atomic E-state index is 6.18. The molecular weight excluding hydrogens is 222 g/mol. The van der Waals surface area contributed by atoms with Crippen LogP contribution >= 0.6 is 11.6 Å². The Labute approximate surface area is 99.6 Å². The van der Waals surface area contributed by atoms with Gasteiger partial charge in [-0.2, -0.15) is 0 Å². The van der Waals surface area contributed by atoms with E-state index in [-0.39, 0.29) is 0 Å². The van der Waals surface area contributed by atoms with E-state index in [0.29, 0.717) is 10.7 Å². The molecule has 0 aliphatic rings. The fourth-order valence-corrected chi connectivity index (χ4v) is 1.85. The first kappa shape index (κ1) is 10.8. The van der Waals surface area contributed by atoms with Gasteiger partial charge in [0.15, 0.2) is 0 Å². The molecule has 0 aromatic heterocycles. The lowest BCUT2D eigenvalue weighted by Crippen LogP contribution is -1.91. The van der Waals surface area contributed by atoms with E-state index in [2.05, 4.69) is 0 Å². The van der Waals surface area contributed by atoms with Crippen LogP contribution in [0.25, 0.3) is 11.1 Å². The largest absolute Gasteiger partial charge is 0.496 e. The number of halogens is 1. The first-order valence-electron chi connectivity index (χ1n) is 4.91. The number of para-hydroxylation sites is 1. The Balaban J connectivity index is 2.63. The molecule has 2 N–H and O–H groups in total. The van der Waals surface area contributed by atoms with E-state index < -0.39 is 0 Å². The molecule has 0 atom stereocenters. The molecule has 2 nitrogen and oxygen atoms in total. The van der Waals surface area contributed by atoms with Gasteiger partial charge in [0.2, 0.25) is 0 Å². The predicted molar refractivity (Wildman–Crippen MR) is 67.9 cm³/mol. The topological polar surface area (TPSA) is 35.2 Å². The Hall–Kier alpha value is -1.67. The number of hydrogen-bond acceptors (Lipinski definition) is 2. The van der Waals surface area contributed by atoms with Crippen LogP contribution in [0.5, 0.6) is 5.75 Å². The zero-order valence-electron chi connectivity index (χ0n) is 8.91. The molecule has 0 saturated heterocycles. The molecule has 0 bridgehead atoms. The van der Waals surface area contributed by atoms with Crippen LogP contribution in [0.2, 0.25) is 5.02 Å². The van der Waals surface area contributed by atoms with Crippen molar-refractivity contribution < 1.29 is 4.74 Å². The van der Waals surface area contributed by atoms with Gasteiger partial charge in [0.25, 0.3) is 0 Å². The highest BCUT2D eigenvalue weighted by atomic mass is 35.5. The molecule has 16 heavy (non-hydrogen) atoms. The summed E-state index contributed by atoms with van der Waals surface area (Å²) in [6, 6.07) is 13.3. The second-order valence-corrected chi connectivity index (χ2v) is 3.79. The molecule has 0 unspecified atom stereocenters. The van der Waals surface area contributed by atoms with Crippen molar-refractivity contribution >= 4 is 17.3 Å². The van der Waals surface area contributed by atoms with Crippen molar-refractivity contribution in [2.75, 3.05) is 12.8 Å². The highest BCUT2D eigenvalue weighted by Crippen LogP contribution is 2.36. The summed E-state index contributed by atoms with van der Waals surface area (Å²) in [5.41, 5.74) is 8.19. The van der Waals surface area contributed by atoms with Gasteiger partial charge in [0, 0.05) is 11.1 Å². The summed E-state index contributed by atoms with van der Waals surface area (Å²) < 4.78 is 5.30. The van der Waals surface area contributed by atoms with Gasteiger partial charge in [-0.25, -0.2) is 0 Å². The van der Waals surface area contributed by atoms with E-state index in [0.717, 1.165) is 16.9 Å². The van der Waals surface area contributed by atoms with Crippen molar-refractivity contribution in [2.24, 2.45) is 0 Å². The number of rotatable bonds is 2. The fraction of sp³-hybridized carbons (Fsp3) is 0.0769. The first-order chi connectivity index (χ1) is 7.74. The number of nitrogens with two attached hydrogens (primary N) is 1. The molecule has 82 valence electrons. The summed E-state index contributed by atoms with van der Waals surface area (Å²) in [6.45, 7) is 0. The summed E-state index contributed by atoms with van der Waals surface area (Å²) in [7, 11) is 1.64. The number of ether oxygens (including phenoxy) is 1. The molecule has 0 heterocycles. The SMILES string of the molecule is COc1ccccc1-c1cccc(N)c1Cl. The molecule has 2 aromatic rings. The minimum Gasteiger partial charge on any atom is -0.496 e. The van der Waals surface area contributed by atoms with Crippen LogP contribution in [0.4, 0.5) is 5.69 Å². The number of benzene rings is 2. The fourth-order valence-electron chi connectivity index (χ4n) is 1.63. The Kier molecular flexibility index (Phi) is 3.02. The van der Waals surface area contributed by atoms with Crippen molar-refractivity contribution in [1.82, 2.24) is 0 Å². The van der Waals surface area contributed by atoms with E-state index in [1.807, 2.05) is 36.4 Å². The lowest BCUT2D eigenvalue weighted by Gasteiger charge is -2.10. The van der Waals surface area contributed by atoms with Gasteiger partial charge in [0.1, 0.15) is 5.75 Å². The van der Waals surface area contributed by atoms with Crippen molar-refractivity contribution in [3.05, 3.63) is 47.5 Å². The van der Waals surface area contributed by atoms with Crippen LogP contribution in [0.3, 0.4) is 0 Å². The van der Waals surface area contributed by atoms with Crippen LogP contribution in [-0.2, 0) is 0 Å². The number of anilines is 1. The third-order valence-corrected chi connectivity index (χ3v) is 2.85. The van der Waals surface area contributed by atoms with Gasteiger partial charge in [0.05, 0.1) is 17.8 Å². The molecular formula is C13H12ClNO. The molecule has 2 aromatic carbocycles. The Morgan fingerprint density at radius 2 is 1.69 bits per heavy atom. The molecule has 0 spiro atoms. The highest BCUT2D eigenvalue weighted by Gasteiger charge is 2.09. The van der Waals surface area contributed by atoms with Gasteiger partial charge in [-0.05, 0) is 12.1 Å². The first-order valence-corrected chi connectivity index (χ1v) is 5.29. The minimum absolute atomic E-state index is 0.562.